The third-order valence-electron chi connectivity index (χ3n) is 3.81. The van der Waals surface area contributed by atoms with Gasteiger partial charge in [0.1, 0.15) is 0 Å². The lowest BCUT2D eigenvalue weighted by Gasteiger charge is -2.08. The molecule has 3 rings (SSSR count). The van der Waals surface area contributed by atoms with Crippen LogP contribution in [0, 0.1) is 0 Å². The first-order chi connectivity index (χ1) is 13.5. The van der Waals surface area contributed by atoms with Crippen molar-refractivity contribution in [1.82, 2.24) is 0 Å². The van der Waals surface area contributed by atoms with Crippen LogP contribution in [-0.4, -0.2) is 11.8 Å². The summed E-state index contributed by atoms with van der Waals surface area (Å²) >= 11 is 12.0. The Kier molecular flexibility index (Phi) is 6.48. The Morgan fingerprint density at radius 1 is 0.786 bits per heavy atom. The maximum Gasteiger partial charge on any atom is 0.323 e. The third-order valence-corrected chi connectivity index (χ3v) is 4.38. The Morgan fingerprint density at radius 2 is 1.50 bits per heavy atom. The number of halogens is 2. The normalized spacial score (nSPS) is 10.6. The molecule has 2 N–H and O–H groups in total. The quantitative estimate of drug-likeness (QED) is 0.370. The molecule has 0 aliphatic rings. The standard InChI is InChI=1S/C22H16Cl2N2O2/c23-17-11-9-15(20(24)14-17)10-12-21(27)16-5-4-8-19(13-16)26-22(28)25-18-6-2-1-3-7-18/h1-14H,(H2,25,26,28)/b12-10+. The van der Waals surface area contributed by atoms with E-state index in [0.717, 1.165) is 0 Å². The van der Waals surface area contributed by atoms with Crippen molar-refractivity contribution in [2.75, 3.05) is 10.6 Å². The van der Waals surface area contributed by atoms with Crippen molar-refractivity contribution in [1.29, 1.82) is 0 Å². The monoisotopic (exact) mass is 410 g/mol. The van der Waals surface area contributed by atoms with Crippen LogP contribution in [0.25, 0.3) is 6.08 Å². The zero-order valence-electron chi connectivity index (χ0n) is 14.7. The molecule has 0 saturated heterocycles. The van der Waals surface area contributed by atoms with Gasteiger partial charge in [-0.15, -0.1) is 0 Å². The summed E-state index contributed by atoms with van der Waals surface area (Å²) in [5.41, 5.74) is 2.32. The fraction of sp³-hybridized carbons (Fsp3) is 0. The molecule has 0 aliphatic heterocycles. The van der Waals surface area contributed by atoms with Gasteiger partial charge in [-0.25, -0.2) is 4.79 Å². The highest BCUT2D eigenvalue weighted by Gasteiger charge is 2.07. The average molecular weight is 411 g/mol. The molecule has 0 aromatic heterocycles. The Bertz CT molecular complexity index is 1030. The van der Waals surface area contributed by atoms with Crippen molar-refractivity contribution in [2.45, 2.75) is 0 Å². The van der Waals surface area contributed by atoms with Crippen LogP contribution < -0.4 is 10.6 Å². The van der Waals surface area contributed by atoms with Crippen molar-refractivity contribution in [3.8, 4) is 0 Å². The highest BCUT2D eigenvalue weighted by atomic mass is 35.5. The predicted octanol–water partition coefficient (Wildman–Crippen LogP) is 6.53. The predicted molar refractivity (Wildman–Crippen MR) is 115 cm³/mol. The Hall–Kier alpha value is -3.08. The minimum Gasteiger partial charge on any atom is -0.308 e. The van der Waals surface area contributed by atoms with Crippen molar-refractivity contribution in [2.24, 2.45) is 0 Å². The summed E-state index contributed by atoms with van der Waals surface area (Å²) < 4.78 is 0. The first-order valence-corrected chi connectivity index (χ1v) is 9.17. The van der Waals surface area contributed by atoms with E-state index in [9.17, 15) is 9.59 Å². The number of hydrogen-bond acceptors (Lipinski definition) is 2. The summed E-state index contributed by atoms with van der Waals surface area (Å²) in [6.07, 6.45) is 3.06. The van der Waals surface area contributed by atoms with E-state index in [2.05, 4.69) is 10.6 Å². The van der Waals surface area contributed by atoms with Crippen LogP contribution in [0.1, 0.15) is 15.9 Å². The molecule has 0 aliphatic carbocycles. The Labute approximate surface area is 172 Å². The first kappa shape index (κ1) is 19.7. The topological polar surface area (TPSA) is 58.2 Å². The number of carbonyl (C=O) groups excluding carboxylic acids is 2. The fourth-order valence-corrected chi connectivity index (χ4v) is 2.93. The van der Waals surface area contributed by atoms with Crippen molar-refractivity contribution >= 4 is 52.5 Å². The van der Waals surface area contributed by atoms with Crippen LogP contribution >= 0.6 is 23.2 Å². The second-order valence-corrected chi connectivity index (χ2v) is 6.73. The van der Waals surface area contributed by atoms with Crippen molar-refractivity contribution in [3.63, 3.8) is 0 Å². The van der Waals surface area contributed by atoms with Crippen LogP contribution in [0.15, 0.2) is 78.9 Å². The molecule has 0 unspecified atom stereocenters. The summed E-state index contributed by atoms with van der Waals surface area (Å²) in [7, 11) is 0. The molecule has 0 atom stereocenters. The zero-order chi connectivity index (χ0) is 19.9. The number of anilines is 2. The number of carbonyl (C=O) groups is 2. The van der Waals surface area contributed by atoms with Gasteiger partial charge in [0.15, 0.2) is 5.78 Å². The van der Waals surface area contributed by atoms with Gasteiger partial charge in [-0.2, -0.15) is 0 Å². The SMILES string of the molecule is O=C(Nc1ccccc1)Nc1cccc(C(=O)/C=C/c2ccc(Cl)cc2Cl)c1. The second-order valence-electron chi connectivity index (χ2n) is 5.89. The number of urea groups is 1. The van der Waals surface area contributed by atoms with Crippen LogP contribution in [0.4, 0.5) is 16.2 Å². The van der Waals surface area contributed by atoms with Crippen molar-refractivity contribution < 1.29 is 9.59 Å². The lowest BCUT2D eigenvalue weighted by Crippen LogP contribution is -2.19. The molecule has 0 radical (unpaired) electrons. The number of hydrogen-bond donors (Lipinski definition) is 2. The van der Waals surface area contributed by atoms with E-state index >= 15 is 0 Å². The van der Waals surface area contributed by atoms with Crippen LogP contribution in [0.3, 0.4) is 0 Å². The smallest absolute Gasteiger partial charge is 0.308 e. The molecule has 6 heteroatoms. The van der Waals surface area contributed by atoms with E-state index < -0.39 is 0 Å². The van der Waals surface area contributed by atoms with Gasteiger partial charge in [-0.05, 0) is 54.1 Å². The first-order valence-electron chi connectivity index (χ1n) is 8.42. The van der Waals surface area contributed by atoms with E-state index in [1.807, 2.05) is 18.2 Å². The highest BCUT2D eigenvalue weighted by Crippen LogP contribution is 2.22. The number of benzene rings is 3. The van der Waals surface area contributed by atoms with Crippen LogP contribution in [0.2, 0.25) is 10.0 Å². The zero-order valence-corrected chi connectivity index (χ0v) is 16.2. The summed E-state index contributed by atoms with van der Waals surface area (Å²) in [5, 5.41) is 6.43. The molecule has 28 heavy (non-hydrogen) atoms. The van der Waals surface area contributed by atoms with E-state index in [1.54, 1.807) is 60.7 Å². The lowest BCUT2D eigenvalue weighted by atomic mass is 10.1. The van der Waals surface area contributed by atoms with E-state index in [4.69, 9.17) is 23.2 Å². The van der Waals surface area contributed by atoms with Gasteiger partial charge in [0, 0.05) is 27.0 Å². The molecule has 0 saturated carbocycles. The maximum absolute atomic E-state index is 12.4. The lowest BCUT2D eigenvalue weighted by molar-refractivity contribution is 0.104. The van der Waals surface area contributed by atoms with Gasteiger partial charge in [0.2, 0.25) is 0 Å². The molecule has 0 bridgehead atoms. The number of allylic oxidation sites excluding steroid dienone is 1. The van der Waals surface area contributed by atoms with Crippen molar-refractivity contribution in [3.05, 3.63) is 100 Å². The molecule has 3 aromatic rings. The molecule has 0 spiro atoms. The number of amides is 2. The van der Waals surface area contributed by atoms with E-state index in [1.165, 1.54) is 6.08 Å². The summed E-state index contributed by atoms with van der Waals surface area (Å²) in [4.78, 5) is 24.5. The molecule has 3 aromatic carbocycles. The van der Waals surface area contributed by atoms with E-state index in [-0.39, 0.29) is 11.8 Å². The van der Waals surface area contributed by atoms with Gasteiger partial charge in [0.05, 0.1) is 0 Å². The number of rotatable bonds is 5. The molecule has 0 fully saturated rings. The Balaban J connectivity index is 1.67. The molecular formula is C22H16Cl2N2O2. The molecule has 0 heterocycles. The summed E-state index contributed by atoms with van der Waals surface area (Å²) in [6, 6.07) is 20.5. The van der Waals surface area contributed by atoms with Gasteiger partial charge in [0.25, 0.3) is 0 Å². The fourth-order valence-electron chi connectivity index (χ4n) is 2.46. The third kappa shape index (κ3) is 5.46. The largest absolute Gasteiger partial charge is 0.323 e. The second kappa shape index (κ2) is 9.22. The minimum absolute atomic E-state index is 0.210. The van der Waals surface area contributed by atoms with Crippen LogP contribution in [0.5, 0.6) is 0 Å². The molecule has 2 amide bonds. The summed E-state index contributed by atoms with van der Waals surface area (Å²) in [6.45, 7) is 0. The minimum atomic E-state index is -0.390. The van der Waals surface area contributed by atoms with E-state index in [0.29, 0.717) is 32.5 Å². The number of ketones is 1. The van der Waals surface area contributed by atoms with Crippen LogP contribution in [-0.2, 0) is 0 Å². The Morgan fingerprint density at radius 3 is 2.25 bits per heavy atom. The maximum atomic E-state index is 12.4. The highest BCUT2D eigenvalue weighted by molar-refractivity contribution is 6.35. The number of nitrogens with one attached hydrogen (secondary N) is 2. The van der Waals surface area contributed by atoms with Gasteiger partial charge >= 0.3 is 6.03 Å². The summed E-state index contributed by atoms with van der Waals surface area (Å²) in [5.74, 6) is -0.210. The van der Waals surface area contributed by atoms with Gasteiger partial charge < -0.3 is 10.6 Å². The molecular weight excluding hydrogens is 395 g/mol. The molecule has 4 nitrogen and oxygen atoms in total. The number of para-hydroxylation sites is 1. The van der Waals surface area contributed by atoms with Gasteiger partial charge in [-0.3, -0.25) is 4.79 Å². The molecule has 140 valence electrons. The van der Waals surface area contributed by atoms with Gasteiger partial charge in [-0.1, -0.05) is 59.6 Å². The average Bonchev–Trinajstić information content (AvgIpc) is 2.68.